The molecule has 3 aromatic rings. The topological polar surface area (TPSA) is 74.0 Å². The summed E-state index contributed by atoms with van der Waals surface area (Å²) in [4.78, 5) is 26.8. The van der Waals surface area contributed by atoms with Crippen LogP contribution in [0.3, 0.4) is 0 Å². The van der Waals surface area contributed by atoms with Crippen molar-refractivity contribution >= 4 is 22.7 Å². The Kier molecular flexibility index (Phi) is 6.03. The molecule has 1 heterocycles. The molecule has 2 amide bonds. The average Bonchev–Trinajstić information content (AvgIpc) is 3.03. The van der Waals surface area contributed by atoms with Gasteiger partial charge in [0, 0.05) is 29.6 Å². The van der Waals surface area contributed by atoms with Gasteiger partial charge in [-0.15, -0.1) is 0 Å². The second-order valence-corrected chi connectivity index (χ2v) is 6.41. The number of hydrogen-bond donors (Lipinski definition) is 3. The summed E-state index contributed by atoms with van der Waals surface area (Å²) in [6.45, 7) is 2.21. The molecule has 0 spiro atoms. The number of rotatable bonds is 7. The van der Waals surface area contributed by atoms with E-state index < -0.39 is 0 Å². The van der Waals surface area contributed by atoms with Crippen LogP contribution in [0.1, 0.15) is 18.9 Å². The quantitative estimate of drug-likeness (QED) is 0.584. The summed E-state index contributed by atoms with van der Waals surface area (Å²) < 4.78 is 27.0. The SMILES string of the molecule is CCNC(=O)CNC(=O)CCc1c(-c2ccc(F)cc2)[nH]c2ccc(F)cc12. The molecule has 7 heteroatoms. The summed E-state index contributed by atoms with van der Waals surface area (Å²) in [6.07, 6.45) is 0.481. The van der Waals surface area contributed by atoms with Crippen molar-refractivity contribution in [2.24, 2.45) is 0 Å². The zero-order valence-electron chi connectivity index (χ0n) is 15.4. The molecule has 0 aliphatic carbocycles. The maximum absolute atomic E-state index is 13.8. The number of amides is 2. The Balaban J connectivity index is 1.83. The third-order valence-corrected chi connectivity index (χ3v) is 4.42. The minimum absolute atomic E-state index is 0.0833. The smallest absolute Gasteiger partial charge is 0.239 e. The van der Waals surface area contributed by atoms with E-state index in [9.17, 15) is 18.4 Å². The minimum Gasteiger partial charge on any atom is -0.355 e. The van der Waals surface area contributed by atoms with E-state index in [1.54, 1.807) is 25.1 Å². The summed E-state index contributed by atoms with van der Waals surface area (Å²) in [5.41, 5.74) is 2.97. The van der Waals surface area contributed by atoms with Crippen LogP contribution in [0.25, 0.3) is 22.2 Å². The van der Waals surface area contributed by atoms with Gasteiger partial charge in [0.05, 0.1) is 6.54 Å². The second-order valence-electron chi connectivity index (χ2n) is 6.41. The van der Waals surface area contributed by atoms with Crippen LogP contribution in [-0.2, 0) is 16.0 Å². The van der Waals surface area contributed by atoms with Gasteiger partial charge in [-0.05, 0) is 66.9 Å². The highest BCUT2D eigenvalue weighted by Gasteiger charge is 2.16. The summed E-state index contributed by atoms with van der Waals surface area (Å²) in [6, 6.07) is 10.4. The molecule has 0 fully saturated rings. The lowest BCUT2D eigenvalue weighted by Crippen LogP contribution is -2.36. The van der Waals surface area contributed by atoms with E-state index in [2.05, 4.69) is 15.6 Å². The molecule has 0 saturated heterocycles. The first kappa shape index (κ1) is 19.5. The summed E-state index contributed by atoms with van der Waals surface area (Å²) in [7, 11) is 0. The van der Waals surface area contributed by atoms with Gasteiger partial charge in [0.1, 0.15) is 11.6 Å². The van der Waals surface area contributed by atoms with Gasteiger partial charge in [0.15, 0.2) is 0 Å². The first-order chi connectivity index (χ1) is 13.5. The Labute approximate surface area is 161 Å². The number of halogens is 2. The van der Waals surface area contributed by atoms with E-state index in [0.29, 0.717) is 18.4 Å². The highest BCUT2D eigenvalue weighted by molar-refractivity contribution is 5.92. The van der Waals surface area contributed by atoms with Gasteiger partial charge in [-0.25, -0.2) is 8.78 Å². The van der Waals surface area contributed by atoms with Crippen LogP contribution in [0.2, 0.25) is 0 Å². The Bertz CT molecular complexity index is 997. The van der Waals surface area contributed by atoms with E-state index in [0.717, 1.165) is 22.3 Å². The summed E-state index contributed by atoms with van der Waals surface area (Å²) in [5, 5.41) is 5.85. The number of benzene rings is 2. The molecule has 0 unspecified atom stereocenters. The van der Waals surface area contributed by atoms with Crippen molar-refractivity contribution < 1.29 is 18.4 Å². The number of carbonyl (C=O) groups is 2. The number of aryl methyl sites for hydroxylation is 1. The Hall–Kier alpha value is -3.22. The Morgan fingerprint density at radius 1 is 0.964 bits per heavy atom. The number of fused-ring (bicyclic) bond motifs is 1. The van der Waals surface area contributed by atoms with E-state index in [4.69, 9.17) is 0 Å². The molecular weight excluding hydrogens is 364 g/mol. The van der Waals surface area contributed by atoms with Gasteiger partial charge in [-0.2, -0.15) is 0 Å². The summed E-state index contributed by atoms with van der Waals surface area (Å²) >= 11 is 0. The highest BCUT2D eigenvalue weighted by atomic mass is 19.1. The lowest BCUT2D eigenvalue weighted by Gasteiger charge is -2.07. The van der Waals surface area contributed by atoms with Crippen molar-refractivity contribution in [1.82, 2.24) is 15.6 Å². The highest BCUT2D eigenvalue weighted by Crippen LogP contribution is 2.32. The molecule has 28 heavy (non-hydrogen) atoms. The number of nitrogens with one attached hydrogen (secondary N) is 3. The van der Waals surface area contributed by atoms with Gasteiger partial charge in [0.2, 0.25) is 11.8 Å². The molecule has 146 valence electrons. The molecule has 1 aromatic heterocycles. The van der Waals surface area contributed by atoms with Gasteiger partial charge in [-0.3, -0.25) is 9.59 Å². The van der Waals surface area contributed by atoms with Crippen LogP contribution in [0.4, 0.5) is 8.78 Å². The lowest BCUT2D eigenvalue weighted by atomic mass is 10.0. The van der Waals surface area contributed by atoms with Crippen LogP contribution in [-0.4, -0.2) is 29.9 Å². The molecule has 3 N–H and O–H groups in total. The van der Waals surface area contributed by atoms with E-state index >= 15 is 0 Å². The van der Waals surface area contributed by atoms with Gasteiger partial charge < -0.3 is 15.6 Å². The third-order valence-electron chi connectivity index (χ3n) is 4.42. The van der Waals surface area contributed by atoms with Crippen LogP contribution >= 0.6 is 0 Å². The van der Waals surface area contributed by atoms with Crippen molar-refractivity contribution in [3.63, 3.8) is 0 Å². The van der Waals surface area contributed by atoms with E-state index in [1.165, 1.54) is 24.3 Å². The second kappa shape index (κ2) is 8.65. The van der Waals surface area contributed by atoms with Gasteiger partial charge in [-0.1, -0.05) is 0 Å². The molecule has 0 radical (unpaired) electrons. The first-order valence-corrected chi connectivity index (χ1v) is 9.07. The fraction of sp³-hybridized carbons (Fsp3) is 0.238. The predicted octanol–water partition coefficient (Wildman–Crippen LogP) is 3.30. The normalized spacial score (nSPS) is 10.8. The first-order valence-electron chi connectivity index (χ1n) is 9.07. The van der Waals surface area contributed by atoms with Crippen molar-refractivity contribution in [1.29, 1.82) is 0 Å². The van der Waals surface area contributed by atoms with Crippen LogP contribution in [0, 0.1) is 11.6 Å². The van der Waals surface area contributed by atoms with Gasteiger partial charge >= 0.3 is 0 Å². The molecule has 0 saturated carbocycles. The fourth-order valence-electron chi connectivity index (χ4n) is 3.11. The van der Waals surface area contributed by atoms with Crippen molar-refractivity contribution in [2.75, 3.05) is 13.1 Å². The zero-order chi connectivity index (χ0) is 20.1. The minimum atomic E-state index is -0.376. The number of carbonyl (C=O) groups excluding carboxylic acids is 2. The molecule has 0 aliphatic heterocycles. The third kappa shape index (κ3) is 4.54. The number of aromatic nitrogens is 1. The predicted molar refractivity (Wildman–Crippen MR) is 104 cm³/mol. The molecule has 5 nitrogen and oxygen atoms in total. The number of H-pyrrole nitrogens is 1. The van der Waals surface area contributed by atoms with E-state index in [-0.39, 0.29) is 36.4 Å². The Morgan fingerprint density at radius 3 is 2.39 bits per heavy atom. The largest absolute Gasteiger partial charge is 0.355 e. The number of likely N-dealkylation sites (N-methyl/N-ethyl adjacent to an activating group) is 1. The maximum atomic E-state index is 13.8. The number of aromatic amines is 1. The molecule has 2 aromatic carbocycles. The Morgan fingerprint density at radius 2 is 1.68 bits per heavy atom. The van der Waals surface area contributed by atoms with Crippen LogP contribution < -0.4 is 10.6 Å². The van der Waals surface area contributed by atoms with Crippen LogP contribution in [0.5, 0.6) is 0 Å². The zero-order valence-corrected chi connectivity index (χ0v) is 15.4. The fourth-order valence-corrected chi connectivity index (χ4v) is 3.11. The van der Waals surface area contributed by atoms with E-state index in [1.807, 2.05) is 0 Å². The van der Waals surface area contributed by atoms with Crippen molar-refractivity contribution in [3.05, 3.63) is 59.7 Å². The standard InChI is InChI=1S/C21H21F2N3O2/c1-2-24-20(28)12-25-19(27)10-8-16-17-11-15(23)7-9-18(17)26-21(16)13-3-5-14(22)6-4-13/h3-7,9,11,26H,2,8,10,12H2,1H3,(H,24,28)(H,25,27). The monoisotopic (exact) mass is 385 g/mol. The van der Waals surface area contributed by atoms with Crippen molar-refractivity contribution in [3.8, 4) is 11.3 Å². The van der Waals surface area contributed by atoms with Gasteiger partial charge in [0.25, 0.3) is 0 Å². The molecule has 3 rings (SSSR count). The maximum Gasteiger partial charge on any atom is 0.239 e. The molecule has 0 aliphatic rings. The molecule has 0 atom stereocenters. The molecule has 0 bridgehead atoms. The molecular formula is C21H21F2N3O2. The number of hydrogen-bond acceptors (Lipinski definition) is 2. The average molecular weight is 385 g/mol. The van der Waals surface area contributed by atoms with Crippen molar-refractivity contribution in [2.45, 2.75) is 19.8 Å². The summed E-state index contributed by atoms with van der Waals surface area (Å²) in [5.74, 6) is -1.25. The van der Waals surface area contributed by atoms with Crippen LogP contribution in [0.15, 0.2) is 42.5 Å². The lowest BCUT2D eigenvalue weighted by molar-refractivity contribution is -0.126.